The predicted octanol–water partition coefficient (Wildman–Crippen LogP) is 2.54. The summed E-state index contributed by atoms with van der Waals surface area (Å²) in [5, 5.41) is 3.72. The maximum absolute atomic E-state index is 12.0. The van der Waals surface area contributed by atoms with Gasteiger partial charge in [-0.25, -0.2) is 0 Å². The Bertz CT molecular complexity index is 764. The van der Waals surface area contributed by atoms with Crippen LogP contribution in [0.4, 0.5) is 5.69 Å². The lowest BCUT2D eigenvalue weighted by Gasteiger charge is -2.04. The van der Waals surface area contributed by atoms with Gasteiger partial charge in [-0.05, 0) is 24.3 Å². The van der Waals surface area contributed by atoms with E-state index in [0.717, 1.165) is 10.9 Å². The van der Waals surface area contributed by atoms with Crippen molar-refractivity contribution in [2.45, 2.75) is 6.54 Å². The molecule has 0 atom stereocenters. The van der Waals surface area contributed by atoms with Crippen molar-refractivity contribution in [1.29, 1.82) is 0 Å². The molecule has 0 aliphatic rings. The van der Waals surface area contributed by atoms with Crippen molar-refractivity contribution in [3.63, 3.8) is 0 Å². The van der Waals surface area contributed by atoms with Gasteiger partial charge in [0.2, 0.25) is 0 Å². The summed E-state index contributed by atoms with van der Waals surface area (Å²) in [6.45, 7) is 0.269. The van der Waals surface area contributed by atoms with E-state index in [2.05, 4.69) is 10.3 Å². The van der Waals surface area contributed by atoms with Crippen molar-refractivity contribution in [3.8, 4) is 0 Å². The third-order valence-electron chi connectivity index (χ3n) is 2.93. The monoisotopic (exact) mass is 267 g/mol. The topological polar surface area (TPSA) is 81.2 Å². The maximum Gasteiger partial charge on any atom is 0.291 e. The Morgan fingerprint density at radius 2 is 2.10 bits per heavy atom. The van der Waals surface area contributed by atoms with Gasteiger partial charge in [-0.1, -0.05) is 18.2 Å². The van der Waals surface area contributed by atoms with Crippen LogP contribution in [0, 0.1) is 0 Å². The molecular weight excluding hydrogens is 254 g/mol. The molecule has 1 amide bonds. The van der Waals surface area contributed by atoms with E-state index in [1.165, 1.54) is 0 Å². The highest BCUT2D eigenvalue weighted by molar-refractivity contribution is 6.03. The molecule has 0 saturated heterocycles. The summed E-state index contributed by atoms with van der Waals surface area (Å²) in [7, 11) is 0. The van der Waals surface area contributed by atoms with Gasteiger partial charge in [-0.2, -0.15) is 0 Å². The van der Waals surface area contributed by atoms with Crippen LogP contribution in [-0.2, 0) is 6.54 Å². The zero-order valence-corrected chi connectivity index (χ0v) is 10.7. The third-order valence-corrected chi connectivity index (χ3v) is 2.93. The van der Waals surface area contributed by atoms with Gasteiger partial charge >= 0.3 is 0 Å². The summed E-state index contributed by atoms with van der Waals surface area (Å²) >= 11 is 0. The molecule has 0 bridgehead atoms. The van der Waals surface area contributed by atoms with Crippen LogP contribution in [0.2, 0.25) is 0 Å². The summed E-state index contributed by atoms with van der Waals surface area (Å²) in [6.07, 6.45) is 1.62. The van der Waals surface area contributed by atoms with Crippen LogP contribution in [0.5, 0.6) is 0 Å². The van der Waals surface area contributed by atoms with E-state index in [9.17, 15) is 4.79 Å². The average molecular weight is 267 g/mol. The fourth-order valence-electron chi connectivity index (χ4n) is 1.94. The van der Waals surface area contributed by atoms with E-state index in [-0.39, 0.29) is 18.2 Å². The van der Waals surface area contributed by atoms with E-state index in [0.29, 0.717) is 11.4 Å². The number of fused-ring (bicyclic) bond motifs is 1. The number of amides is 1. The minimum atomic E-state index is -0.318. The number of hydrogen-bond donors (Lipinski definition) is 2. The summed E-state index contributed by atoms with van der Waals surface area (Å²) in [4.78, 5) is 16.3. The van der Waals surface area contributed by atoms with Gasteiger partial charge in [-0.15, -0.1) is 0 Å². The average Bonchev–Trinajstić information content (AvgIpc) is 2.96. The number of carbonyl (C=O) groups is 1. The SMILES string of the molecule is NCc1ccc(C(=O)Nc2cnc3ccccc3c2)o1. The highest BCUT2D eigenvalue weighted by atomic mass is 16.4. The Morgan fingerprint density at radius 3 is 2.90 bits per heavy atom. The second-order valence-electron chi connectivity index (χ2n) is 4.34. The van der Waals surface area contributed by atoms with Crippen molar-refractivity contribution >= 4 is 22.5 Å². The van der Waals surface area contributed by atoms with Gasteiger partial charge < -0.3 is 15.5 Å². The molecule has 5 nitrogen and oxygen atoms in total. The van der Waals surface area contributed by atoms with Gasteiger partial charge in [0.15, 0.2) is 5.76 Å². The molecule has 2 heterocycles. The number of furan rings is 1. The zero-order chi connectivity index (χ0) is 13.9. The second-order valence-corrected chi connectivity index (χ2v) is 4.34. The Morgan fingerprint density at radius 1 is 1.25 bits per heavy atom. The standard InChI is InChI=1S/C15H13N3O2/c16-8-12-5-6-14(20-12)15(19)18-11-7-10-3-1-2-4-13(10)17-9-11/h1-7,9H,8,16H2,(H,18,19). The molecule has 3 rings (SSSR count). The number of hydrogen-bond acceptors (Lipinski definition) is 4. The molecule has 5 heteroatoms. The minimum Gasteiger partial charge on any atom is -0.455 e. The molecule has 0 saturated carbocycles. The summed E-state index contributed by atoms with van der Waals surface area (Å²) < 4.78 is 5.30. The van der Waals surface area contributed by atoms with Crippen LogP contribution in [0.1, 0.15) is 16.3 Å². The van der Waals surface area contributed by atoms with E-state index < -0.39 is 0 Å². The van der Waals surface area contributed by atoms with E-state index >= 15 is 0 Å². The number of carbonyl (C=O) groups excluding carboxylic acids is 1. The highest BCUT2D eigenvalue weighted by Gasteiger charge is 2.11. The number of para-hydroxylation sites is 1. The van der Waals surface area contributed by atoms with E-state index in [1.54, 1.807) is 18.3 Å². The van der Waals surface area contributed by atoms with Gasteiger partial charge in [0.05, 0.1) is 23.9 Å². The molecule has 0 aliphatic heterocycles. The summed E-state index contributed by atoms with van der Waals surface area (Å²) in [5.41, 5.74) is 6.95. The van der Waals surface area contributed by atoms with Gasteiger partial charge in [0.25, 0.3) is 5.91 Å². The number of anilines is 1. The molecule has 1 aromatic carbocycles. The Hall–Kier alpha value is -2.66. The predicted molar refractivity (Wildman–Crippen MR) is 76.3 cm³/mol. The molecular formula is C15H13N3O2. The smallest absolute Gasteiger partial charge is 0.291 e. The zero-order valence-electron chi connectivity index (χ0n) is 10.7. The van der Waals surface area contributed by atoms with Gasteiger partial charge in [0.1, 0.15) is 5.76 Å². The van der Waals surface area contributed by atoms with Crippen molar-refractivity contribution < 1.29 is 9.21 Å². The largest absolute Gasteiger partial charge is 0.455 e. The first-order valence-electron chi connectivity index (χ1n) is 6.21. The molecule has 0 aliphatic carbocycles. The lowest BCUT2D eigenvalue weighted by molar-refractivity contribution is 0.0995. The lowest BCUT2D eigenvalue weighted by atomic mass is 10.2. The molecule has 100 valence electrons. The van der Waals surface area contributed by atoms with E-state index in [1.807, 2.05) is 30.3 Å². The maximum atomic E-state index is 12.0. The number of nitrogens with zero attached hydrogens (tertiary/aromatic N) is 1. The van der Waals surface area contributed by atoms with Crippen LogP contribution >= 0.6 is 0 Å². The molecule has 3 aromatic rings. The molecule has 3 N–H and O–H groups in total. The fourth-order valence-corrected chi connectivity index (χ4v) is 1.94. The highest BCUT2D eigenvalue weighted by Crippen LogP contribution is 2.17. The summed E-state index contributed by atoms with van der Waals surface area (Å²) in [5.74, 6) is 0.493. The molecule has 20 heavy (non-hydrogen) atoms. The number of aromatic nitrogens is 1. The fraction of sp³-hybridized carbons (Fsp3) is 0.0667. The first-order valence-corrected chi connectivity index (χ1v) is 6.21. The number of benzene rings is 1. The quantitative estimate of drug-likeness (QED) is 0.764. The third kappa shape index (κ3) is 2.39. The number of rotatable bonds is 3. The van der Waals surface area contributed by atoms with Crippen LogP contribution in [0.25, 0.3) is 10.9 Å². The molecule has 2 aromatic heterocycles. The van der Waals surface area contributed by atoms with Crippen molar-refractivity contribution in [1.82, 2.24) is 4.98 Å². The van der Waals surface area contributed by atoms with Crippen LogP contribution < -0.4 is 11.1 Å². The Labute approximate surface area is 115 Å². The molecule has 0 fully saturated rings. The van der Waals surface area contributed by atoms with Crippen molar-refractivity contribution in [3.05, 3.63) is 60.2 Å². The normalized spacial score (nSPS) is 10.7. The van der Waals surface area contributed by atoms with Crippen LogP contribution in [0.15, 0.2) is 53.1 Å². The van der Waals surface area contributed by atoms with Crippen molar-refractivity contribution in [2.75, 3.05) is 5.32 Å². The second kappa shape index (κ2) is 5.14. The first kappa shape index (κ1) is 12.4. The minimum absolute atomic E-state index is 0.235. The number of nitrogens with two attached hydrogens (primary N) is 1. The van der Waals surface area contributed by atoms with Crippen molar-refractivity contribution in [2.24, 2.45) is 5.73 Å². The summed E-state index contributed by atoms with van der Waals surface area (Å²) in [6, 6.07) is 12.9. The lowest BCUT2D eigenvalue weighted by Crippen LogP contribution is -2.11. The number of pyridine rings is 1. The van der Waals surface area contributed by atoms with E-state index in [4.69, 9.17) is 10.2 Å². The van der Waals surface area contributed by atoms with Crippen LogP contribution in [-0.4, -0.2) is 10.9 Å². The molecule has 0 spiro atoms. The molecule has 0 unspecified atom stereocenters. The first-order chi connectivity index (χ1) is 9.76. The van der Waals surface area contributed by atoms with Crippen LogP contribution in [0.3, 0.4) is 0 Å². The van der Waals surface area contributed by atoms with Gasteiger partial charge in [0, 0.05) is 5.39 Å². The Kier molecular flexibility index (Phi) is 3.18. The number of nitrogens with one attached hydrogen (secondary N) is 1. The molecule has 0 radical (unpaired) electrons. The Balaban J connectivity index is 1.83. The van der Waals surface area contributed by atoms with Gasteiger partial charge in [-0.3, -0.25) is 9.78 Å².